The van der Waals surface area contributed by atoms with Crippen LogP contribution in [-0.4, -0.2) is 0 Å². The number of hydrogen-bond donors (Lipinski definition) is 0. The predicted octanol–water partition coefficient (Wildman–Crippen LogP) is 6.92. The first-order valence-electron chi connectivity index (χ1n) is 8.72. The van der Waals surface area contributed by atoms with Gasteiger partial charge < -0.3 is 4.74 Å². The molecule has 125 valence electrons. The fraction of sp³-hybridized carbons (Fsp3) is 0.0400. The highest BCUT2D eigenvalue weighted by atomic mass is 16.5. The van der Waals surface area contributed by atoms with Crippen molar-refractivity contribution in [2.75, 3.05) is 0 Å². The molecule has 0 spiro atoms. The van der Waals surface area contributed by atoms with Gasteiger partial charge in [-0.05, 0) is 47.9 Å². The third-order valence-electron chi connectivity index (χ3n) is 4.39. The molecule has 1 nitrogen and oxygen atoms in total. The van der Waals surface area contributed by atoms with Crippen LogP contribution in [0.2, 0.25) is 0 Å². The van der Waals surface area contributed by atoms with Crippen LogP contribution in [-0.2, 0) is 0 Å². The maximum Gasteiger partial charge on any atom is 0.143 e. The van der Waals surface area contributed by atoms with Gasteiger partial charge in [-0.3, -0.25) is 0 Å². The van der Waals surface area contributed by atoms with Crippen LogP contribution in [0.1, 0.15) is 5.56 Å². The second-order valence-electron chi connectivity index (χ2n) is 6.18. The van der Waals surface area contributed by atoms with Crippen molar-refractivity contribution < 1.29 is 4.74 Å². The van der Waals surface area contributed by atoms with Crippen molar-refractivity contribution in [3.8, 4) is 33.8 Å². The van der Waals surface area contributed by atoms with Gasteiger partial charge in [0.25, 0.3) is 0 Å². The first kappa shape index (κ1) is 16.2. The molecule has 0 heterocycles. The van der Waals surface area contributed by atoms with E-state index in [-0.39, 0.29) is 0 Å². The molecule has 0 saturated carbocycles. The summed E-state index contributed by atoms with van der Waals surface area (Å²) in [5, 5.41) is 0. The Kier molecular flexibility index (Phi) is 4.53. The second kappa shape index (κ2) is 7.28. The molecular weight excluding hydrogens is 316 g/mol. The number of para-hydroxylation sites is 1. The van der Waals surface area contributed by atoms with Crippen molar-refractivity contribution in [1.82, 2.24) is 0 Å². The fourth-order valence-electron chi connectivity index (χ4n) is 3.12. The Labute approximate surface area is 154 Å². The first-order chi connectivity index (χ1) is 12.8. The van der Waals surface area contributed by atoms with E-state index in [0.29, 0.717) is 0 Å². The van der Waals surface area contributed by atoms with Crippen molar-refractivity contribution in [3.05, 3.63) is 109 Å². The van der Waals surface area contributed by atoms with Crippen LogP contribution < -0.4 is 4.74 Å². The van der Waals surface area contributed by atoms with E-state index in [9.17, 15) is 0 Å². The smallest absolute Gasteiger partial charge is 0.143 e. The maximum absolute atomic E-state index is 6.41. The van der Waals surface area contributed by atoms with Gasteiger partial charge >= 0.3 is 0 Å². The zero-order chi connectivity index (χ0) is 17.8. The summed E-state index contributed by atoms with van der Waals surface area (Å²) in [6.07, 6.45) is 0. The fourth-order valence-corrected chi connectivity index (χ4v) is 3.12. The van der Waals surface area contributed by atoms with Crippen LogP contribution in [0.3, 0.4) is 0 Å². The summed E-state index contributed by atoms with van der Waals surface area (Å²) in [6, 6.07) is 36.0. The molecule has 0 aliphatic rings. The molecule has 4 aromatic rings. The van der Waals surface area contributed by atoms with Gasteiger partial charge in [0.1, 0.15) is 11.5 Å². The summed E-state index contributed by atoms with van der Waals surface area (Å²) in [6.45, 7) is 2.08. The minimum atomic E-state index is 0.826. The van der Waals surface area contributed by atoms with E-state index in [0.717, 1.165) is 39.3 Å². The second-order valence-corrected chi connectivity index (χ2v) is 6.18. The van der Waals surface area contributed by atoms with Crippen LogP contribution in [0.25, 0.3) is 22.3 Å². The highest BCUT2D eigenvalue weighted by Crippen LogP contribution is 2.43. The highest BCUT2D eigenvalue weighted by molar-refractivity contribution is 5.84. The van der Waals surface area contributed by atoms with E-state index in [1.807, 2.05) is 60.7 Å². The SMILES string of the molecule is Cc1[c]cc(-c2ccccc2)c(Oc2ccccc2)c1-c1ccccc1. The molecule has 0 bridgehead atoms. The highest BCUT2D eigenvalue weighted by Gasteiger charge is 2.17. The summed E-state index contributed by atoms with van der Waals surface area (Å²) in [4.78, 5) is 0. The predicted molar refractivity (Wildman–Crippen MR) is 107 cm³/mol. The summed E-state index contributed by atoms with van der Waals surface area (Å²) < 4.78 is 6.41. The molecule has 0 unspecified atom stereocenters. The van der Waals surface area contributed by atoms with E-state index in [1.165, 1.54) is 0 Å². The van der Waals surface area contributed by atoms with Gasteiger partial charge in [0.05, 0.1) is 0 Å². The number of benzene rings is 4. The molecule has 0 aromatic heterocycles. The van der Waals surface area contributed by atoms with Crippen molar-refractivity contribution >= 4 is 0 Å². The lowest BCUT2D eigenvalue weighted by Gasteiger charge is -2.18. The van der Waals surface area contributed by atoms with E-state index in [4.69, 9.17) is 4.74 Å². The van der Waals surface area contributed by atoms with Crippen molar-refractivity contribution in [2.45, 2.75) is 6.92 Å². The van der Waals surface area contributed by atoms with Crippen molar-refractivity contribution in [3.63, 3.8) is 0 Å². The largest absolute Gasteiger partial charge is 0.456 e. The third kappa shape index (κ3) is 3.25. The molecule has 1 radical (unpaired) electrons. The van der Waals surface area contributed by atoms with E-state index < -0.39 is 0 Å². The van der Waals surface area contributed by atoms with Crippen LogP contribution in [0.5, 0.6) is 11.5 Å². The Morgan fingerprint density at radius 3 is 1.81 bits per heavy atom. The molecule has 0 saturated heterocycles. The Hall–Kier alpha value is -3.32. The van der Waals surface area contributed by atoms with Gasteiger partial charge in [-0.1, -0.05) is 78.9 Å². The number of aryl methyl sites for hydroxylation is 1. The number of hydrogen-bond acceptors (Lipinski definition) is 1. The Morgan fingerprint density at radius 1 is 0.654 bits per heavy atom. The molecular formula is C25H19O. The Morgan fingerprint density at radius 2 is 1.19 bits per heavy atom. The van der Waals surface area contributed by atoms with Crippen LogP contribution in [0.4, 0.5) is 0 Å². The molecule has 1 heteroatoms. The topological polar surface area (TPSA) is 9.23 Å². The minimum absolute atomic E-state index is 0.826. The Bertz CT molecular complexity index is 990. The summed E-state index contributed by atoms with van der Waals surface area (Å²) in [5.74, 6) is 1.69. The average Bonchev–Trinajstić information content (AvgIpc) is 2.70. The molecule has 26 heavy (non-hydrogen) atoms. The van der Waals surface area contributed by atoms with Crippen molar-refractivity contribution in [1.29, 1.82) is 0 Å². The third-order valence-corrected chi connectivity index (χ3v) is 4.39. The lowest BCUT2D eigenvalue weighted by atomic mass is 9.93. The zero-order valence-electron chi connectivity index (χ0n) is 14.6. The van der Waals surface area contributed by atoms with Gasteiger partial charge in [0, 0.05) is 11.1 Å². The Balaban J connectivity index is 1.95. The van der Waals surface area contributed by atoms with Crippen LogP contribution in [0.15, 0.2) is 97.1 Å². The average molecular weight is 335 g/mol. The van der Waals surface area contributed by atoms with E-state index >= 15 is 0 Å². The molecule has 0 atom stereocenters. The molecule has 0 aliphatic heterocycles. The van der Waals surface area contributed by atoms with E-state index in [2.05, 4.69) is 49.4 Å². The van der Waals surface area contributed by atoms with Crippen LogP contribution >= 0.6 is 0 Å². The number of ether oxygens (including phenoxy) is 1. The molecule has 0 aliphatic carbocycles. The lowest BCUT2D eigenvalue weighted by Crippen LogP contribution is -1.95. The van der Waals surface area contributed by atoms with Gasteiger partial charge in [0.2, 0.25) is 0 Å². The first-order valence-corrected chi connectivity index (χ1v) is 8.72. The van der Waals surface area contributed by atoms with Gasteiger partial charge in [-0.15, -0.1) is 0 Å². The summed E-state index contributed by atoms with van der Waals surface area (Å²) in [7, 11) is 0. The van der Waals surface area contributed by atoms with E-state index in [1.54, 1.807) is 0 Å². The molecule has 4 rings (SSSR count). The number of rotatable bonds is 4. The summed E-state index contributed by atoms with van der Waals surface area (Å²) >= 11 is 0. The maximum atomic E-state index is 6.41. The van der Waals surface area contributed by atoms with Gasteiger partial charge in [-0.2, -0.15) is 0 Å². The standard InChI is InChI=1S/C25H19O/c1-19-17-18-23(20-11-5-2-6-12-20)25(26-22-15-9-4-10-16-22)24(19)21-13-7-3-8-14-21/h2-16,18H,1H3. The lowest BCUT2D eigenvalue weighted by molar-refractivity contribution is 0.486. The molecule has 0 N–H and O–H groups in total. The minimum Gasteiger partial charge on any atom is -0.456 e. The molecule has 0 fully saturated rings. The zero-order valence-corrected chi connectivity index (χ0v) is 14.6. The molecule has 4 aromatic carbocycles. The normalized spacial score (nSPS) is 10.5. The summed E-state index contributed by atoms with van der Waals surface area (Å²) in [5.41, 5.74) is 5.44. The van der Waals surface area contributed by atoms with Crippen molar-refractivity contribution in [2.24, 2.45) is 0 Å². The van der Waals surface area contributed by atoms with Crippen LogP contribution in [0, 0.1) is 13.0 Å². The van der Waals surface area contributed by atoms with Gasteiger partial charge in [-0.25, -0.2) is 0 Å². The monoisotopic (exact) mass is 335 g/mol. The molecule has 0 amide bonds. The quantitative estimate of drug-likeness (QED) is 0.393. The van der Waals surface area contributed by atoms with Gasteiger partial charge in [0.15, 0.2) is 0 Å².